The van der Waals surface area contributed by atoms with Crippen LogP contribution in [-0.2, 0) is 14.4 Å². The predicted octanol–water partition coefficient (Wildman–Crippen LogP) is 4.57. The van der Waals surface area contributed by atoms with Crippen LogP contribution in [0.5, 0.6) is 17.4 Å². The number of esters is 1. The van der Waals surface area contributed by atoms with E-state index in [4.69, 9.17) is 31.7 Å². The molecule has 3 aromatic rings. The molecular formula is C22H22ClN3O5. The van der Waals surface area contributed by atoms with Crippen molar-refractivity contribution in [1.29, 1.82) is 0 Å². The van der Waals surface area contributed by atoms with E-state index in [2.05, 4.69) is 14.8 Å². The van der Waals surface area contributed by atoms with Crippen LogP contribution in [-0.4, -0.2) is 28.6 Å². The standard InChI is InChI=1S/C22H22ClN3O5/c1-13(2)20(31-24)12-28-22(27)14(3)29-16-5-7-17(8-6-16)30-21-11-25-19-10-15(23)4-9-18(19)26-21/h4-11,14H,12,24H2,1-3H3. The van der Waals surface area contributed by atoms with Gasteiger partial charge in [0, 0.05) is 5.02 Å². The molecule has 0 aliphatic carbocycles. The van der Waals surface area contributed by atoms with Crippen LogP contribution in [0.25, 0.3) is 11.0 Å². The molecule has 8 nitrogen and oxygen atoms in total. The van der Waals surface area contributed by atoms with Crippen LogP contribution in [0.1, 0.15) is 20.8 Å². The molecule has 0 amide bonds. The number of hydrogen-bond donors (Lipinski definition) is 1. The lowest BCUT2D eigenvalue weighted by atomic mass is 10.3. The minimum atomic E-state index is -0.818. The summed E-state index contributed by atoms with van der Waals surface area (Å²) in [6.45, 7) is 5.14. The minimum absolute atomic E-state index is 0.0584. The van der Waals surface area contributed by atoms with Gasteiger partial charge in [-0.3, -0.25) is 0 Å². The number of ether oxygens (including phenoxy) is 3. The SMILES string of the molecule is CC(C)=C(COC(=O)C(C)Oc1ccc(Oc2cnc3cc(Cl)ccc3n2)cc1)ON. The van der Waals surface area contributed by atoms with Gasteiger partial charge in [0.25, 0.3) is 0 Å². The van der Waals surface area contributed by atoms with E-state index in [1.807, 2.05) is 0 Å². The van der Waals surface area contributed by atoms with Gasteiger partial charge in [-0.25, -0.2) is 14.8 Å². The Bertz CT molecular complexity index is 1100. The maximum absolute atomic E-state index is 12.1. The number of aromatic nitrogens is 2. The van der Waals surface area contributed by atoms with Crippen molar-refractivity contribution in [2.75, 3.05) is 6.61 Å². The zero-order valence-electron chi connectivity index (χ0n) is 17.3. The number of allylic oxidation sites excluding steroid dienone is 1. The summed E-state index contributed by atoms with van der Waals surface area (Å²) in [4.78, 5) is 25.5. The van der Waals surface area contributed by atoms with Crippen molar-refractivity contribution in [2.24, 2.45) is 5.90 Å². The van der Waals surface area contributed by atoms with Gasteiger partial charge < -0.3 is 19.0 Å². The molecule has 0 saturated carbocycles. The van der Waals surface area contributed by atoms with Gasteiger partial charge in [0.2, 0.25) is 5.88 Å². The number of carbonyl (C=O) groups is 1. The first-order valence-electron chi connectivity index (χ1n) is 9.42. The summed E-state index contributed by atoms with van der Waals surface area (Å²) in [6.07, 6.45) is 0.702. The van der Waals surface area contributed by atoms with Gasteiger partial charge in [-0.05, 0) is 68.8 Å². The fourth-order valence-electron chi connectivity index (χ4n) is 2.53. The largest absolute Gasteiger partial charge is 0.479 e. The van der Waals surface area contributed by atoms with Crippen LogP contribution in [0.3, 0.4) is 0 Å². The third-order valence-electron chi connectivity index (χ3n) is 4.22. The third-order valence-corrected chi connectivity index (χ3v) is 4.45. The first kappa shape index (κ1) is 22.3. The van der Waals surface area contributed by atoms with Gasteiger partial charge in [-0.2, -0.15) is 5.90 Å². The number of carbonyl (C=O) groups excluding carboxylic acids is 1. The molecule has 9 heteroatoms. The Morgan fingerprint density at radius 2 is 1.81 bits per heavy atom. The molecule has 1 unspecified atom stereocenters. The highest BCUT2D eigenvalue weighted by Gasteiger charge is 2.17. The lowest BCUT2D eigenvalue weighted by molar-refractivity contribution is -0.151. The molecule has 0 bridgehead atoms. The van der Waals surface area contributed by atoms with Crippen LogP contribution in [0.15, 0.2) is 60.0 Å². The Morgan fingerprint density at radius 1 is 1.10 bits per heavy atom. The van der Waals surface area contributed by atoms with E-state index in [0.29, 0.717) is 39.2 Å². The highest BCUT2D eigenvalue weighted by atomic mass is 35.5. The zero-order valence-corrected chi connectivity index (χ0v) is 18.1. The fourth-order valence-corrected chi connectivity index (χ4v) is 2.69. The first-order chi connectivity index (χ1) is 14.9. The van der Waals surface area contributed by atoms with Crippen LogP contribution < -0.4 is 15.4 Å². The topological polar surface area (TPSA) is 106 Å². The lowest BCUT2D eigenvalue weighted by Crippen LogP contribution is -2.27. The second-order valence-electron chi connectivity index (χ2n) is 6.82. The summed E-state index contributed by atoms with van der Waals surface area (Å²) in [5, 5.41) is 0.592. The Hall–Kier alpha value is -3.36. The van der Waals surface area contributed by atoms with Gasteiger partial charge in [0.05, 0.1) is 17.2 Å². The summed E-state index contributed by atoms with van der Waals surface area (Å²) >= 11 is 5.96. The second-order valence-corrected chi connectivity index (χ2v) is 7.26. The Kier molecular flexibility index (Phi) is 7.28. The van der Waals surface area contributed by atoms with Crippen molar-refractivity contribution in [1.82, 2.24) is 9.97 Å². The number of fused-ring (bicyclic) bond motifs is 1. The lowest BCUT2D eigenvalue weighted by Gasteiger charge is -2.15. The number of benzene rings is 2. The molecule has 1 aromatic heterocycles. The average molecular weight is 444 g/mol. The number of rotatable bonds is 8. The summed E-state index contributed by atoms with van der Waals surface area (Å²) < 4.78 is 16.5. The molecule has 0 aliphatic heterocycles. The smallest absolute Gasteiger partial charge is 0.347 e. The summed E-state index contributed by atoms with van der Waals surface area (Å²) in [6, 6.07) is 12.0. The molecule has 0 saturated heterocycles. The molecule has 162 valence electrons. The molecule has 2 N–H and O–H groups in total. The van der Waals surface area contributed by atoms with Crippen molar-refractivity contribution in [3.05, 3.63) is 65.0 Å². The maximum Gasteiger partial charge on any atom is 0.347 e. The Balaban J connectivity index is 1.58. The number of halogens is 1. The van der Waals surface area contributed by atoms with Crippen LogP contribution in [0.2, 0.25) is 5.02 Å². The van der Waals surface area contributed by atoms with Crippen LogP contribution in [0, 0.1) is 0 Å². The average Bonchev–Trinajstić information content (AvgIpc) is 2.75. The highest BCUT2D eigenvalue weighted by molar-refractivity contribution is 6.31. The molecule has 1 heterocycles. The van der Waals surface area contributed by atoms with Gasteiger partial charge in [0.15, 0.2) is 18.5 Å². The molecule has 0 fully saturated rings. The van der Waals surface area contributed by atoms with Crippen molar-refractivity contribution in [3.8, 4) is 17.4 Å². The molecular weight excluding hydrogens is 422 g/mol. The Morgan fingerprint density at radius 3 is 2.48 bits per heavy atom. The summed E-state index contributed by atoms with van der Waals surface area (Å²) in [5.41, 5.74) is 2.17. The van der Waals surface area contributed by atoms with E-state index in [1.165, 1.54) is 6.20 Å². The van der Waals surface area contributed by atoms with Crippen molar-refractivity contribution in [3.63, 3.8) is 0 Å². The van der Waals surface area contributed by atoms with Gasteiger partial charge in [-0.15, -0.1) is 0 Å². The van der Waals surface area contributed by atoms with E-state index < -0.39 is 12.1 Å². The highest BCUT2D eigenvalue weighted by Crippen LogP contribution is 2.25. The number of nitrogens with two attached hydrogens (primary N) is 1. The third kappa shape index (κ3) is 6.07. The number of hydrogen-bond acceptors (Lipinski definition) is 8. The van der Waals surface area contributed by atoms with Crippen molar-refractivity contribution in [2.45, 2.75) is 26.9 Å². The summed E-state index contributed by atoms with van der Waals surface area (Å²) in [7, 11) is 0. The van der Waals surface area contributed by atoms with Crippen LogP contribution >= 0.6 is 11.6 Å². The maximum atomic E-state index is 12.1. The van der Waals surface area contributed by atoms with E-state index in [9.17, 15) is 4.79 Å². The van der Waals surface area contributed by atoms with Gasteiger partial charge in [0.1, 0.15) is 11.5 Å². The van der Waals surface area contributed by atoms with Crippen LogP contribution in [0.4, 0.5) is 0 Å². The Labute approximate surface area is 184 Å². The second kappa shape index (κ2) is 10.1. The van der Waals surface area contributed by atoms with E-state index in [1.54, 1.807) is 63.2 Å². The summed E-state index contributed by atoms with van der Waals surface area (Å²) in [5.74, 6) is 6.37. The monoisotopic (exact) mass is 443 g/mol. The quantitative estimate of drug-likeness (QED) is 0.306. The fraction of sp³-hybridized carbons (Fsp3) is 0.227. The number of nitrogens with zero attached hydrogens (tertiary/aromatic N) is 2. The predicted molar refractivity (Wildman–Crippen MR) is 116 cm³/mol. The van der Waals surface area contributed by atoms with Gasteiger partial charge >= 0.3 is 5.97 Å². The molecule has 31 heavy (non-hydrogen) atoms. The molecule has 0 radical (unpaired) electrons. The molecule has 2 aromatic carbocycles. The van der Waals surface area contributed by atoms with Crippen molar-refractivity contribution < 1.29 is 23.8 Å². The molecule has 1 atom stereocenters. The van der Waals surface area contributed by atoms with Gasteiger partial charge in [-0.1, -0.05) is 11.6 Å². The van der Waals surface area contributed by atoms with E-state index >= 15 is 0 Å². The molecule has 0 aliphatic rings. The first-order valence-corrected chi connectivity index (χ1v) is 9.80. The van der Waals surface area contributed by atoms with E-state index in [-0.39, 0.29) is 6.61 Å². The normalized spacial score (nSPS) is 11.5. The minimum Gasteiger partial charge on any atom is -0.479 e. The van der Waals surface area contributed by atoms with E-state index in [0.717, 1.165) is 5.57 Å². The molecule has 0 spiro atoms. The zero-order chi connectivity index (χ0) is 22.4. The van der Waals surface area contributed by atoms with Crippen molar-refractivity contribution >= 4 is 28.6 Å². The molecule has 3 rings (SSSR count).